The van der Waals surface area contributed by atoms with Crippen molar-refractivity contribution in [3.8, 4) is 0 Å². The number of hydrogen-bond acceptors (Lipinski definition) is 6. The van der Waals surface area contributed by atoms with Crippen LogP contribution < -0.4 is 10.6 Å². The highest BCUT2D eigenvalue weighted by Gasteiger charge is 2.14. The van der Waals surface area contributed by atoms with Gasteiger partial charge in [0.15, 0.2) is 5.65 Å². The van der Waals surface area contributed by atoms with Gasteiger partial charge >= 0.3 is 0 Å². The Bertz CT molecular complexity index is 994. The summed E-state index contributed by atoms with van der Waals surface area (Å²) in [5.41, 5.74) is 5.14. The summed E-state index contributed by atoms with van der Waals surface area (Å²) in [5, 5.41) is 6.50. The van der Waals surface area contributed by atoms with E-state index in [9.17, 15) is 4.79 Å². The molecule has 0 atom stereocenters. The number of benzene rings is 1. The van der Waals surface area contributed by atoms with Crippen LogP contribution in [0.15, 0.2) is 30.6 Å². The zero-order valence-electron chi connectivity index (χ0n) is 17.0. The summed E-state index contributed by atoms with van der Waals surface area (Å²) in [7, 11) is 1.82. The number of carbonyl (C=O) groups excluding carboxylic acids is 1. The first-order valence-electron chi connectivity index (χ1n) is 9.40. The minimum Gasteiger partial charge on any atom is -0.386 e. The lowest BCUT2D eigenvalue weighted by Crippen LogP contribution is -2.06. The molecule has 7 nitrogen and oxygen atoms in total. The molecule has 148 valence electrons. The van der Waals surface area contributed by atoms with Crippen molar-refractivity contribution in [1.82, 2.24) is 14.5 Å². The zero-order valence-corrected chi connectivity index (χ0v) is 17.0. The number of hydrogen-bond donors (Lipinski definition) is 2. The predicted octanol–water partition coefficient (Wildman–Crippen LogP) is 4.36. The van der Waals surface area contributed by atoms with E-state index in [1.807, 2.05) is 20.0 Å². The van der Waals surface area contributed by atoms with Crippen LogP contribution in [-0.4, -0.2) is 34.1 Å². The van der Waals surface area contributed by atoms with Gasteiger partial charge in [-0.1, -0.05) is 26.0 Å². The summed E-state index contributed by atoms with van der Waals surface area (Å²) >= 11 is 0. The van der Waals surface area contributed by atoms with E-state index in [1.54, 1.807) is 0 Å². The third kappa shape index (κ3) is 4.31. The predicted molar refractivity (Wildman–Crippen MR) is 112 cm³/mol. The molecule has 0 fully saturated rings. The van der Waals surface area contributed by atoms with Crippen molar-refractivity contribution in [1.29, 1.82) is 0 Å². The molecular weight excluding hydrogens is 354 g/mol. The van der Waals surface area contributed by atoms with Crippen molar-refractivity contribution < 1.29 is 9.53 Å². The summed E-state index contributed by atoms with van der Waals surface area (Å²) in [6, 6.07) is 8.10. The van der Waals surface area contributed by atoms with E-state index in [4.69, 9.17) is 4.74 Å². The first-order valence-corrected chi connectivity index (χ1v) is 9.40. The van der Waals surface area contributed by atoms with Gasteiger partial charge in [-0.15, -0.1) is 0 Å². The van der Waals surface area contributed by atoms with Gasteiger partial charge in [0.05, 0.1) is 12.3 Å². The topological polar surface area (TPSA) is 81.1 Å². The minimum atomic E-state index is -0.130. The monoisotopic (exact) mass is 381 g/mol. The van der Waals surface area contributed by atoms with Crippen molar-refractivity contribution >= 4 is 34.3 Å². The van der Waals surface area contributed by atoms with Gasteiger partial charge in [-0.25, -0.2) is 9.97 Å². The largest absolute Gasteiger partial charge is 0.386 e. The molecule has 2 N–H and O–H groups in total. The van der Waals surface area contributed by atoms with Crippen molar-refractivity contribution in [2.75, 3.05) is 24.3 Å². The highest BCUT2D eigenvalue weighted by molar-refractivity contribution is 5.94. The second-order valence-corrected chi connectivity index (χ2v) is 7.29. The molecule has 0 aliphatic rings. The summed E-state index contributed by atoms with van der Waals surface area (Å²) in [5.74, 6) is 1.02. The third-order valence-electron chi connectivity index (χ3n) is 4.40. The molecular formula is C21H27N5O2. The highest BCUT2D eigenvalue weighted by Crippen LogP contribution is 2.27. The standard InChI is InChI=1S/C21H27N5O2/c1-13(2)10-28-11-16-7-6-14(3)17(8-16)24-19-9-18(22-5)20-21(25-19)26(12-23-20)15(4)27/h6-9,12-13H,10-11H2,1-5H3,(H2,22,24,25). The Kier molecular flexibility index (Phi) is 5.94. The molecule has 7 heteroatoms. The van der Waals surface area contributed by atoms with E-state index in [-0.39, 0.29) is 5.91 Å². The lowest BCUT2D eigenvalue weighted by Gasteiger charge is -2.13. The Hall–Kier alpha value is -2.93. The second-order valence-electron chi connectivity index (χ2n) is 7.29. The van der Waals surface area contributed by atoms with E-state index in [1.165, 1.54) is 17.8 Å². The summed E-state index contributed by atoms with van der Waals surface area (Å²) in [6.45, 7) is 9.10. The van der Waals surface area contributed by atoms with E-state index < -0.39 is 0 Å². The molecule has 0 aliphatic carbocycles. The van der Waals surface area contributed by atoms with Crippen LogP contribution in [0.1, 0.15) is 36.7 Å². The molecule has 3 aromatic rings. The average molecular weight is 381 g/mol. The number of aromatic nitrogens is 3. The van der Waals surface area contributed by atoms with Crippen molar-refractivity contribution in [2.24, 2.45) is 5.92 Å². The Balaban J connectivity index is 1.91. The van der Waals surface area contributed by atoms with Gasteiger partial charge in [0.25, 0.3) is 0 Å². The second kappa shape index (κ2) is 8.39. The molecule has 1 aromatic carbocycles. The third-order valence-corrected chi connectivity index (χ3v) is 4.40. The van der Waals surface area contributed by atoms with Gasteiger partial charge in [0, 0.05) is 32.3 Å². The quantitative estimate of drug-likeness (QED) is 0.633. The number of aryl methyl sites for hydroxylation is 1. The Morgan fingerprint density at radius 3 is 2.71 bits per heavy atom. The lowest BCUT2D eigenvalue weighted by atomic mass is 10.1. The molecule has 0 saturated heterocycles. The Morgan fingerprint density at radius 1 is 1.25 bits per heavy atom. The Morgan fingerprint density at radius 2 is 2.04 bits per heavy atom. The number of nitrogens with one attached hydrogen (secondary N) is 2. The fraction of sp³-hybridized carbons (Fsp3) is 0.381. The van der Waals surface area contributed by atoms with Gasteiger partial charge < -0.3 is 15.4 Å². The normalized spacial score (nSPS) is 11.2. The molecule has 28 heavy (non-hydrogen) atoms. The van der Waals surface area contributed by atoms with Gasteiger partial charge in [0.2, 0.25) is 5.91 Å². The summed E-state index contributed by atoms with van der Waals surface area (Å²) < 4.78 is 7.20. The number of imidazole rings is 1. The van der Waals surface area contributed by atoms with Crippen LogP contribution in [-0.2, 0) is 11.3 Å². The van der Waals surface area contributed by atoms with Gasteiger partial charge in [-0.3, -0.25) is 9.36 Å². The van der Waals surface area contributed by atoms with Crippen molar-refractivity contribution in [2.45, 2.75) is 34.3 Å². The van der Waals surface area contributed by atoms with Crippen molar-refractivity contribution in [3.05, 3.63) is 41.7 Å². The van der Waals surface area contributed by atoms with Crippen LogP contribution in [0.5, 0.6) is 0 Å². The van der Waals surface area contributed by atoms with E-state index in [2.05, 4.69) is 52.6 Å². The van der Waals surface area contributed by atoms with Crippen LogP contribution in [0.4, 0.5) is 17.2 Å². The van der Waals surface area contributed by atoms with E-state index in [0.29, 0.717) is 29.5 Å². The van der Waals surface area contributed by atoms with Crippen LogP contribution in [0, 0.1) is 12.8 Å². The molecule has 0 aliphatic heterocycles. The van der Waals surface area contributed by atoms with Crippen molar-refractivity contribution in [3.63, 3.8) is 0 Å². The number of fused-ring (bicyclic) bond motifs is 1. The summed E-state index contributed by atoms with van der Waals surface area (Å²) in [6.07, 6.45) is 1.50. The molecule has 2 heterocycles. The molecule has 0 amide bonds. The average Bonchev–Trinajstić information content (AvgIpc) is 3.07. The molecule has 0 unspecified atom stereocenters. The molecule has 2 aromatic heterocycles. The molecule has 0 bridgehead atoms. The van der Waals surface area contributed by atoms with E-state index >= 15 is 0 Å². The maximum Gasteiger partial charge on any atom is 0.230 e. The number of ether oxygens (including phenoxy) is 1. The van der Waals surface area contributed by atoms with E-state index in [0.717, 1.165) is 29.1 Å². The lowest BCUT2D eigenvalue weighted by molar-refractivity contribution is 0.0940. The molecule has 0 saturated carbocycles. The number of carbonyl (C=O) groups is 1. The number of nitrogens with zero attached hydrogens (tertiary/aromatic N) is 3. The first kappa shape index (κ1) is 19.8. The maximum absolute atomic E-state index is 11.9. The minimum absolute atomic E-state index is 0.130. The highest BCUT2D eigenvalue weighted by atomic mass is 16.5. The van der Waals surface area contributed by atoms with Gasteiger partial charge in [-0.2, -0.15) is 0 Å². The van der Waals surface area contributed by atoms with Gasteiger partial charge in [-0.05, 0) is 30.0 Å². The van der Waals surface area contributed by atoms with Crippen LogP contribution in [0.3, 0.4) is 0 Å². The van der Waals surface area contributed by atoms with Crippen LogP contribution >= 0.6 is 0 Å². The molecule has 3 rings (SSSR count). The fourth-order valence-corrected chi connectivity index (χ4v) is 2.92. The number of anilines is 3. The fourth-order valence-electron chi connectivity index (χ4n) is 2.92. The first-order chi connectivity index (χ1) is 13.4. The zero-order chi connectivity index (χ0) is 20.3. The smallest absolute Gasteiger partial charge is 0.230 e. The number of rotatable bonds is 7. The maximum atomic E-state index is 11.9. The van der Waals surface area contributed by atoms with Gasteiger partial charge in [0.1, 0.15) is 17.7 Å². The number of pyridine rings is 1. The Labute approximate surface area is 165 Å². The molecule has 0 radical (unpaired) electrons. The molecule has 0 spiro atoms. The SMILES string of the molecule is CNc1cc(Nc2cc(COCC(C)C)ccc2C)nc2c1ncn2C(C)=O. The summed E-state index contributed by atoms with van der Waals surface area (Å²) in [4.78, 5) is 20.8. The van der Waals surface area contributed by atoms with Crippen LogP contribution in [0.25, 0.3) is 11.2 Å². The van der Waals surface area contributed by atoms with Crippen LogP contribution in [0.2, 0.25) is 0 Å².